The Bertz CT molecular complexity index is 1590. The zero-order valence-corrected chi connectivity index (χ0v) is 28.9. The molecule has 8 heteroatoms. The number of hydrogen-bond acceptors (Lipinski definition) is 4. The maximum absolute atomic E-state index is 12.0. The summed E-state index contributed by atoms with van der Waals surface area (Å²) in [5.74, 6) is -0.747. The van der Waals surface area contributed by atoms with Crippen LogP contribution in [-0.4, -0.2) is 26.2 Å². The summed E-state index contributed by atoms with van der Waals surface area (Å²) >= 11 is 12.5. The molecule has 4 nitrogen and oxygen atoms in total. The minimum atomic E-state index is -2.45. The van der Waals surface area contributed by atoms with E-state index in [-0.39, 0.29) is 28.9 Å². The summed E-state index contributed by atoms with van der Waals surface area (Å²) in [5, 5.41) is 5.13. The van der Waals surface area contributed by atoms with Crippen LogP contribution in [0.25, 0.3) is 0 Å². The molecule has 0 radical (unpaired) electrons. The van der Waals surface area contributed by atoms with Gasteiger partial charge in [0.2, 0.25) is 0 Å². The van der Waals surface area contributed by atoms with Crippen molar-refractivity contribution >= 4 is 75.3 Å². The van der Waals surface area contributed by atoms with E-state index in [1.807, 2.05) is 13.0 Å². The Balaban J connectivity index is 0.000000344. The van der Waals surface area contributed by atoms with Crippen molar-refractivity contribution in [2.45, 2.75) is 13.1 Å². The van der Waals surface area contributed by atoms with Gasteiger partial charge in [0.15, 0.2) is 0 Å². The molecule has 0 unspecified atom stereocenters. The number of benzene rings is 5. The van der Waals surface area contributed by atoms with Gasteiger partial charge in [-0.3, -0.25) is 0 Å². The van der Waals surface area contributed by atoms with Crippen molar-refractivity contribution < 1.29 is 19.1 Å². The standard InChI is InChI=1S/C27H24ClO2P.C9H9ClO2.BrH/c1-30-27(29)21-17-18-22(26(28)19-21)20-31(23-11-5-2-6-12-23,24-13-7-3-8-14-24)25-15-9-4-10-16-25;1-6-3-4-7(5-8(6)10)9(11)12-2;/h2-19,31H,20H2,1H3;3-5H,1-2H3;1H. The normalized spacial score (nSPS) is 10.8. The molecule has 0 fully saturated rings. The molecule has 5 aromatic carbocycles. The number of ether oxygens (including phenoxy) is 2. The number of rotatable bonds is 7. The molecule has 0 saturated heterocycles. The van der Waals surface area contributed by atoms with Gasteiger partial charge in [-0.1, -0.05) is 17.7 Å². The Labute approximate surface area is 280 Å². The molecule has 0 bridgehead atoms. The Morgan fingerprint density at radius 1 is 0.591 bits per heavy atom. The van der Waals surface area contributed by atoms with Crippen LogP contribution in [0, 0.1) is 6.92 Å². The fourth-order valence-electron chi connectivity index (χ4n) is 5.03. The number of esters is 2. The molecule has 228 valence electrons. The molecule has 5 rings (SSSR count). The Kier molecular flexibility index (Phi) is 13.2. The number of methoxy groups -OCH3 is 2. The molecular formula is C36H34BrCl2O4P. The average molecular weight is 712 g/mol. The van der Waals surface area contributed by atoms with Crippen LogP contribution in [0.1, 0.15) is 31.8 Å². The fourth-order valence-corrected chi connectivity index (χ4v) is 10.3. The Hall–Kier alpha value is -3.47. The number of aryl methyl sites for hydroxylation is 1. The van der Waals surface area contributed by atoms with Gasteiger partial charge in [0.1, 0.15) is 0 Å². The van der Waals surface area contributed by atoms with E-state index in [1.165, 1.54) is 30.1 Å². The number of carbonyl (C=O) groups excluding carboxylic acids is 2. The molecule has 0 aliphatic rings. The number of carbonyl (C=O) groups is 2. The predicted molar refractivity (Wildman–Crippen MR) is 191 cm³/mol. The van der Waals surface area contributed by atoms with Gasteiger partial charge in [0.05, 0.1) is 12.7 Å². The van der Waals surface area contributed by atoms with Crippen molar-refractivity contribution in [3.8, 4) is 0 Å². The van der Waals surface area contributed by atoms with Gasteiger partial charge in [-0.15, -0.1) is 17.0 Å². The van der Waals surface area contributed by atoms with Crippen molar-refractivity contribution in [1.29, 1.82) is 0 Å². The molecule has 0 atom stereocenters. The van der Waals surface area contributed by atoms with Crippen molar-refractivity contribution in [2.24, 2.45) is 0 Å². The molecule has 0 aromatic heterocycles. The van der Waals surface area contributed by atoms with Crippen LogP contribution in [0.5, 0.6) is 0 Å². The van der Waals surface area contributed by atoms with Crippen LogP contribution in [0.4, 0.5) is 0 Å². The van der Waals surface area contributed by atoms with Crippen LogP contribution in [0.3, 0.4) is 0 Å². The van der Waals surface area contributed by atoms with E-state index >= 15 is 0 Å². The first-order valence-corrected chi connectivity index (χ1v) is 16.6. The van der Waals surface area contributed by atoms with Crippen LogP contribution in [0.2, 0.25) is 10.0 Å². The van der Waals surface area contributed by atoms with Crippen molar-refractivity contribution in [1.82, 2.24) is 0 Å². The number of halogens is 3. The quantitative estimate of drug-likeness (QED) is 0.126. The van der Waals surface area contributed by atoms with Gasteiger partial charge >= 0.3 is 195 Å². The molecule has 0 aliphatic heterocycles. The van der Waals surface area contributed by atoms with Crippen LogP contribution in [-0.2, 0) is 15.6 Å². The van der Waals surface area contributed by atoms with E-state index in [9.17, 15) is 9.59 Å². The third kappa shape index (κ3) is 8.16. The van der Waals surface area contributed by atoms with Crippen molar-refractivity contribution in [2.75, 3.05) is 14.2 Å². The average Bonchev–Trinajstić information content (AvgIpc) is 3.06. The van der Waals surface area contributed by atoms with E-state index < -0.39 is 7.26 Å². The summed E-state index contributed by atoms with van der Waals surface area (Å²) in [7, 11) is 0.271. The van der Waals surface area contributed by atoms with Gasteiger partial charge in [0, 0.05) is 5.02 Å². The summed E-state index contributed by atoms with van der Waals surface area (Å²) in [6.45, 7) is 1.88. The SMILES string of the molecule is Br.COC(=O)c1ccc(C)c(Cl)c1.COC(=O)c1ccc(C[PH](c2ccccc2)(c2ccccc2)c2ccccc2)c(Cl)c1. The van der Waals surface area contributed by atoms with E-state index in [1.54, 1.807) is 30.3 Å². The second-order valence-corrected chi connectivity index (χ2v) is 14.6. The molecule has 0 spiro atoms. The van der Waals surface area contributed by atoms with Gasteiger partial charge in [-0.05, 0) is 24.6 Å². The Morgan fingerprint density at radius 2 is 0.977 bits per heavy atom. The topological polar surface area (TPSA) is 52.6 Å². The van der Waals surface area contributed by atoms with Gasteiger partial charge in [-0.25, -0.2) is 4.79 Å². The second-order valence-electron chi connectivity index (χ2n) is 9.93. The van der Waals surface area contributed by atoms with Crippen LogP contribution >= 0.6 is 47.4 Å². The zero-order chi connectivity index (χ0) is 30.8. The first kappa shape index (κ1) is 35.0. The minimum absolute atomic E-state index is 0. The third-order valence-corrected chi connectivity index (χ3v) is 12.9. The van der Waals surface area contributed by atoms with Crippen molar-refractivity contribution in [3.05, 3.63) is 160 Å². The molecule has 0 N–H and O–H groups in total. The van der Waals surface area contributed by atoms with E-state index in [4.69, 9.17) is 27.9 Å². The van der Waals surface area contributed by atoms with Gasteiger partial charge < -0.3 is 4.74 Å². The molecule has 0 saturated carbocycles. The Morgan fingerprint density at radius 3 is 1.34 bits per heavy atom. The first-order valence-electron chi connectivity index (χ1n) is 13.7. The third-order valence-electron chi connectivity index (χ3n) is 7.32. The van der Waals surface area contributed by atoms with E-state index in [0.29, 0.717) is 21.2 Å². The van der Waals surface area contributed by atoms with Gasteiger partial charge in [0.25, 0.3) is 0 Å². The van der Waals surface area contributed by atoms with Gasteiger partial charge in [-0.2, -0.15) is 0 Å². The first-order chi connectivity index (χ1) is 20.8. The summed E-state index contributed by atoms with van der Waals surface area (Å²) in [6, 6.07) is 42.7. The summed E-state index contributed by atoms with van der Waals surface area (Å²) < 4.78 is 9.38. The summed E-state index contributed by atoms with van der Waals surface area (Å²) in [4.78, 5) is 23.0. The molecule has 0 aliphatic carbocycles. The molecule has 5 aromatic rings. The number of hydrogen-bond donors (Lipinski definition) is 0. The molecular weight excluding hydrogens is 678 g/mol. The zero-order valence-electron chi connectivity index (χ0n) is 24.6. The molecule has 44 heavy (non-hydrogen) atoms. The predicted octanol–water partition coefficient (Wildman–Crippen LogP) is 8.37. The molecule has 0 heterocycles. The van der Waals surface area contributed by atoms with Crippen LogP contribution < -0.4 is 15.9 Å². The van der Waals surface area contributed by atoms with E-state index in [2.05, 4.69) is 95.7 Å². The summed E-state index contributed by atoms with van der Waals surface area (Å²) in [5.41, 5.74) is 2.91. The van der Waals surface area contributed by atoms with E-state index in [0.717, 1.165) is 17.3 Å². The molecule has 0 amide bonds. The fraction of sp³-hybridized carbons (Fsp3) is 0.111. The second kappa shape index (κ2) is 16.6. The maximum atomic E-state index is 12.0. The summed E-state index contributed by atoms with van der Waals surface area (Å²) in [6.07, 6.45) is 0.783. The monoisotopic (exact) mass is 710 g/mol. The van der Waals surface area contributed by atoms with Crippen molar-refractivity contribution in [3.63, 3.8) is 0 Å². The van der Waals surface area contributed by atoms with Crippen LogP contribution in [0.15, 0.2) is 127 Å².